The zero-order chi connectivity index (χ0) is 12.8. The van der Waals surface area contributed by atoms with Crippen molar-refractivity contribution in [1.82, 2.24) is 5.32 Å². The predicted octanol–water partition coefficient (Wildman–Crippen LogP) is 3.12. The maximum Gasteiger partial charge on any atom is 0.0942 e. The van der Waals surface area contributed by atoms with E-state index in [1.807, 2.05) is 13.0 Å². The summed E-state index contributed by atoms with van der Waals surface area (Å²) < 4.78 is 0. The first-order valence-electron chi connectivity index (χ1n) is 6.54. The van der Waals surface area contributed by atoms with Crippen molar-refractivity contribution in [1.29, 1.82) is 0 Å². The van der Waals surface area contributed by atoms with Crippen LogP contribution in [0.1, 0.15) is 49.5 Å². The highest BCUT2D eigenvalue weighted by atomic mass is 16.3. The SMILES string of the molecule is CCCCNC(C)C(O)c1ccc(C)cc1C. The summed E-state index contributed by atoms with van der Waals surface area (Å²) in [6.45, 7) is 9.32. The Balaban J connectivity index is 2.64. The minimum atomic E-state index is -0.424. The fourth-order valence-electron chi connectivity index (χ4n) is 2.04. The van der Waals surface area contributed by atoms with Gasteiger partial charge in [-0.3, -0.25) is 0 Å². The Morgan fingerprint density at radius 2 is 2.00 bits per heavy atom. The lowest BCUT2D eigenvalue weighted by molar-refractivity contribution is 0.135. The molecule has 1 aromatic carbocycles. The molecule has 0 bridgehead atoms. The number of hydrogen-bond acceptors (Lipinski definition) is 2. The average Bonchev–Trinajstić information content (AvgIpc) is 2.28. The normalized spacial score (nSPS) is 14.6. The molecule has 0 heterocycles. The van der Waals surface area contributed by atoms with E-state index in [2.05, 4.69) is 38.2 Å². The standard InChI is InChI=1S/C15H25NO/c1-5-6-9-16-13(4)15(17)14-8-7-11(2)10-12(14)3/h7-8,10,13,15-17H,5-6,9H2,1-4H3. The Morgan fingerprint density at radius 3 is 2.59 bits per heavy atom. The Bertz CT molecular complexity index is 349. The molecule has 2 heteroatoms. The number of hydrogen-bond donors (Lipinski definition) is 2. The minimum absolute atomic E-state index is 0.1000. The van der Waals surface area contributed by atoms with Crippen LogP contribution in [0.5, 0.6) is 0 Å². The van der Waals surface area contributed by atoms with Gasteiger partial charge >= 0.3 is 0 Å². The first-order chi connectivity index (χ1) is 8.06. The van der Waals surface area contributed by atoms with Gasteiger partial charge in [0, 0.05) is 6.04 Å². The second kappa shape index (κ2) is 6.77. The van der Waals surface area contributed by atoms with E-state index in [9.17, 15) is 5.11 Å². The maximum absolute atomic E-state index is 10.3. The molecule has 0 aliphatic heterocycles. The zero-order valence-electron chi connectivity index (χ0n) is 11.5. The van der Waals surface area contributed by atoms with Crippen LogP contribution in [0.2, 0.25) is 0 Å². The lowest BCUT2D eigenvalue weighted by Gasteiger charge is -2.22. The van der Waals surface area contributed by atoms with E-state index in [4.69, 9.17) is 0 Å². The summed E-state index contributed by atoms with van der Waals surface area (Å²) in [7, 11) is 0. The monoisotopic (exact) mass is 235 g/mol. The molecule has 0 aliphatic rings. The largest absolute Gasteiger partial charge is 0.387 e. The van der Waals surface area contributed by atoms with Gasteiger partial charge in [0.2, 0.25) is 0 Å². The molecule has 0 saturated carbocycles. The molecule has 0 radical (unpaired) electrons. The first kappa shape index (κ1) is 14.2. The van der Waals surface area contributed by atoms with E-state index in [0.29, 0.717) is 0 Å². The van der Waals surface area contributed by atoms with Crippen LogP contribution >= 0.6 is 0 Å². The molecule has 2 nitrogen and oxygen atoms in total. The molecule has 0 spiro atoms. The van der Waals surface area contributed by atoms with Crippen LogP contribution in [0.15, 0.2) is 18.2 Å². The third kappa shape index (κ3) is 4.14. The summed E-state index contributed by atoms with van der Waals surface area (Å²) >= 11 is 0. The quantitative estimate of drug-likeness (QED) is 0.743. The Labute approximate surface area is 105 Å². The van der Waals surface area contributed by atoms with Crippen LogP contribution in [0, 0.1) is 13.8 Å². The van der Waals surface area contributed by atoms with E-state index in [0.717, 1.165) is 18.5 Å². The third-order valence-electron chi connectivity index (χ3n) is 3.21. The van der Waals surface area contributed by atoms with Gasteiger partial charge in [-0.15, -0.1) is 0 Å². The predicted molar refractivity (Wildman–Crippen MR) is 73.2 cm³/mol. The van der Waals surface area contributed by atoms with Crippen LogP contribution in [0.25, 0.3) is 0 Å². The fourth-order valence-corrected chi connectivity index (χ4v) is 2.04. The topological polar surface area (TPSA) is 32.3 Å². The van der Waals surface area contributed by atoms with Crippen molar-refractivity contribution in [2.75, 3.05) is 6.54 Å². The van der Waals surface area contributed by atoms with Crippen LogP contribution in [0.4, 0.5) is 0 Å². The highest BCUT2D eigenvalue weighted by Gasteiger charge is 2.17. The Hall–Kier alpha value is -0.860. The molecule has 2 unspecified atom stereocenters. The minimum Gasteiger partial charge on any atom is -0.387 e. The highest BCUT2D eigenvalue weighted by molar-refractivity contribution is 5.32. The molecule has 0 saturated heterocycles. The molecular formula is C15H25NO. The summed E-state index contributed by atoms with van der Waals surface area (Å²) in [6, 6.07) is 6.32. The molecule has 96 valence electrons. The lowest BCUT2D eigenvalue weighted by Crippen LogP contribution is -2.33. The van der Waals surface area contributed by atoms with Crippen LogP contribution in [0.3, 0.4) is 0 Å². The van der Waals surface area contributed by atoms with Gasteiger partial charge in [-0.2, -0.15) is 0 Å². The number of aryl methyl sites for hydroxylation is 2. The van der Waals surface area contributed by atoms with Crippen molar-refractivity contribution in [3.05, 3.63) is 34.9 Å². The molecule has 17 heavy (non-hydrogen) atoms. The van der Waals surface area contributed by atoms with Crippen molar-refractivity contribution in [2.24, 2.45) is 0 Å². The number of aliphatic hydroxyl groups is 1. The van der Waals surface area contributed by atoms with Gasteiger partial charge in [-0.25, -0.2) is 0 Å². The fraction of sp³-hybridized carbons (Fsp3) is 0.600. The molecule has 2 atom stereocenters. The second-order valence-electron chi connectivity index (χ2n) is 4.90. The summed E-state index contributed by atoms with van der Waals surface area (Å²) in [5.74, 6) is 0. The summed E-state index contributed by atoms with van der Waals surface area (Å²) in [6.07, 6.45) is 1.91. The average molecular weight is 235 g/mol. The summed E-state index contributed by atoms with van der Waals surface area (Å²) in [5, 5.41) is 13.7. The van der Waals surface area contributed by atoms with Crippen molar-refractivity contribution in [3.8, 4) is 0 Å². The molecule has 0 fully saturated rings. The first-order valence-corrected chi connectivity index (χ1v) is 6.54. The van der Waals surface area contributed by atoms with Gasteiger partial charge in [-0.1, -0.05) is 37.1 Å². The van der Waals surface area contributed by atoms with Gasteiger partial charge in [0.15, 0.2) is 0 Å². The smallest absolute Gasteiger partial charge is 0.0942 e. The number of unbranched alkanes of at least 4 members (excludes halogenated alkanes) is 1. The van der Waals surface area contributed by atoms with Gasteiger partial charge < -0.3 is 10.4 Å². The van der Waals surface area contributed by atoms with Crippen molar-refractivity contribution in [3.63, 3.8) is 0 Å². The number of nitrogens with one attached hydrogen (secondary N) is 1. The van der Waals surface area contributed by atoms with Crippen molar-refractivity contribution >= 4 is 0 Å². The van der Waals surface area contributed by atoms with E-state index >= 15 is 0 Å². The van der Waals surface area contributed by atoms with Gasteiger partial charge in [-0.05, 0) is 44.9 Å². The van der Waals surface area contributed by atoms with Crippen molar-refractivity contribution in [2.45, 2.75) is 52.7 Å². The molecule has 1 aromatic rings. The highest BCUT2D eigenvalue weighted by Crippen LogP contribution is 2.21. The van der Waals surface area contributed by atoms with Crippen LogP contribution < -0.4 is 5.32 Å². The third-order valence-corrected chi connectivity index (χ3v) is 3.21. The van der Waals surface area contributed by atoms with Crippen LogP contribution in [-0.4, -0.2) is 17.7 Å². The van der Waals surface area contributed by atoms with Gasteiger partial charge in [0.05, 0.1) is 6.10 Å². The number of benzene rings is 1. The number of rotatable bonds is 6. The Morgan fingerprint density at radius 1 is 1.29 bits per heavy atom. The molecule has 0 amide bonds. The van der Waals surface area contributed by atoms with Crippen LogP contribution in [-0.2, 0) is 0 Å². The Kier molecular flexibility index (Phi) is 5.66. The molecule has 1 rings (SSSR count). The second-order valence-corrected chi connectivity index (χ2v) is 4.90. The summed E-state index contributed by atoms with van der Waals surface area (Å²) in [5.41, 5.74) is 3.44. The van der Waals surface area contributed by atoms with Gasteiger partial charge in [0.1, 0.15) is 0 Å². The van der Waals surface area contributed by atoms with E-state index in [1.165, 1.54) is 17.5 Å². The van der Waals surface area contributed by atoms with Gasteiger partial charge in [0.25, 0.3) is 0 Å². The molecule has 2 N–H and O–H groups in total. The zero-order valence-corrected chi connectivity index (χ0v) is 11.5. The molecule has 0 aromatic heterocycles. The summed E-state index contributed by atoms with van der Waals surface area (Å²) in [4.78, 5) is 0. The molecule has 0 aliphatic carbocycles. The van der Waals surface area contributed by atoms with E-state index in [1.54, 1.807) is 0 Å². The molecular weight excluding hydrogens is 210 g/mol. The van der Waals surface area contributed by atoms with E-state index < -0.39 is 6.10 Å². The number of aliphatic hydroxyl groups excluding tert-OH is 1. The van der Waals surface area contributed by atoms with E-state index in [-0.39, 0.29) is 6.04 Å². The van der Waals surface area contributed by atoms with Crippen molar-refractivity contribution < 1.29 is 5.11 Å². The maximum atomic E-state index is 10.3. The lowest BCUT2D eigenvalue weighted by atomic mass is 9.97.